The first kappa shape index (κ1) is 26.0. The lowest BCUT2D eigenvalue weighted by molar-refractivity contribution is -0.120. The Kier molecular flexibility index (Phi) is 8.88. The van der Waals surface area contributed by atoms with Gasteiger partial charge in [-0.15, -0.1) is 23.1 Å². The molecule has 1 saturated carbocycles. The summed E-state index contributed by atoms with van der Waals surface area (Å²) in [6, 6.07) is 13.2. The van der Waals surface area contributed by atoms with Crippen LogP contribution in [0.5, 0.6) is 11.5 Å². The van der Waals surface area contributed by atoms with Crippen molar-refractivity contribution >= 4 is 45.7 Å². The van der Waals surface area contributed by atoms with Gasteiger partial charge in [0.25, 0.3) is 0 Å². The molecule has 2 aromatic carbocycles. The van der Waals surface area contributed by atoms with Crippen LogP contribution in [0, 0.1) is 5.92 Å². The molecule has 190 valence electrons. The van der Waals surface area contributed by atoms with E-state index in [1.54, 1.807) is 14.2 Å². The summed E-state index contributed by atoms with van der Waals surface area (Å²) in [7, 11) is 3.19. The zero-order valence-electron chi connectivity index (χ0n) is 20.7. The number of anilines is 2. The van der Waals surface area contributed by atoms with E-state index in [-0.39, 0.29) is 23.0 Å². The molecule has 1 aliphatic rings. The lowest BCUT2D eigenvalue weighted by Crippen LogP contribution is -2.24. The standard InChI is InChI=1S/C27H31N3O4S2/c1-17(36-21-12-10-20(11-13-21)28-26(32)18-7-5-4-6-8-18)25(31)30-27-29-22(16-35-27)19-9-14-23(33-2)24(15-19)34-3/h9-18H,4-8H2,1-3H3,(H,28,32)(H,29,30,31). The summed E-state index contributed by atoms with van der Waals surface area (Å²) in [5, 5.41) is 8.06. The van der Waals surface area contributed by atoms with Crippen LogP contribution in [0.4, 0.5) is 10.8 Å². The molecule has 1 aliphatic carbocycles. The fourth-order valence-corrected chi connectivity index (χ4v) is 5.74. The number of thioether (sulfide) groups is 1. The number of nitrogens with zero attached hydrogens (tertiary/aromatic N) is 1. The second-order valence-corrected chi connectivity index (χ2v) is 11.0. The van der Waals surface area contributed by atoms with E-state index in [1.807, 2.05) is 54.8 Å². The third-order valence-electron chi connectivity index (χ3n) is 6.19. The molecule has 0 radical (unpaired) electrons. The van der Waals surface area contributed by atoms with Crippen LogP contribution in [0.3, 0.4) is 0 Å². The Balaban J connectivity index is 1.31. The molecule has 1 aromatic heterocycles. The van der Waals surface area contributed by atoms with Crippen LogP contribution in [0.1, 0.15) is 39.0 Å². The first-order valence-electron chi connectivity index (χ1n) is 12.0. The molecule has 36 heavy (non-hydrogen) atoms. The minimum absolute atomic E-state index is 0.110. The lowest BCUT2D eigenvalue weighted by Gasteiger charge is -2.20. The van der Waals surface area contributed by atoms with Gasteiger partial charge in [0.15, 0.2) is 16.6 Å². The van der Waals surface area contributed by atoms with Crippen LogP contribution in [-0.4, -0.2) is 36.3 Å². The Hall–Kier alpha value is -3.04. The number of methoxy groups -OCH3 is 2. The molecule has 1 atom stereocenters. The van der Waals surface area contributed by atoms with Crippen LogP contribution in [0.2, 0.25) is 0 Å². The van der Waals surface area contributed by atoms with Crippen LogP contribution in [-0.2, 0) is 9.59 Å². The number of carbonyl (C=O) groups excluding carboxylic acids is 2. The van der Waals surface area contributed by atoms with Crippen molar-refractivity contribution in [2.24, 2.45) is 5.92 Å². The Bertz CT molecular complexity index is 1190. The van der Waals surface area contributed by atoms with Gasteiger partial charge in [-0.2, -0.15) is 0 Å². The van der Waals surface area contributed by atoms with Crippen molar-refractivity contribution in [3.63, 3.8) is 0 Å². The number of rotatable bonds is 9. The monoisotopic (exact) mass is 525 g/mol. The van der Waals surface area contributed by atoms with E-state index in [0.717, 1.165) is 47.5 Å². The number of thiazole rings is 1. The highest BCUT2D eigenvalue weighted by atomic mass is 32.2. The normalized spacial score (nSPS) is 14.6. The second-order valence-electron chi connectivity index (χ2n) is 8.71. The van der Waals surface area contributed by atoms with Gasteiger partial charge in [0, 0.05) is 27.4 Å². The summed E-state index contributed by atoms with van der Waals surface area (Å²) in [6.07, 6.45) is 5.43. The van der Waals surface area contributed by atoms with Gasteiger partial charge in [-0.05, 0) is 62.2 Å². The van der Waals surface area contributed by atoms with Gasteiger partial charge in [0.2, 0.25) is 11.8 Å². The second kappa shape index (κ2) is 12.3. The minimum Gasteiger partial charge on any atom is -0.493 e. The molecule has 7 nitrogen and oxygen atoms in total. The molecule has 0 bridgehead atoms. The van der Waals surface area contributed by atoms with Crippen molar-refractivity contribution in [3.8, 4) is 22.8 Å². The molecular formula is C27H31N3O4S2. The van der Waals surface area contributed by atoms with Gasteiger partial charge in [0.05, 0.1) is 25.2 Å². The van der Waals surface area contributed by atoms with Gasteiger partial charge < -0.3 is 20.1 Å². The zero-order valence-corrected chi connectivity index (χ0v) is 22.3. The topological polar surface area (TPSA) is 89.6 Å². The molecule has 1 unspecified atom stereocenters. The zero-order chi connectivity index (χ0) is 25.5. The fraction of sp³-hybridized carbons (Fsp3) is 0.370. The number of benzene rings is 2. The highest BCUT2D eigenvalue weighted by Crippen LogP contribution is 2.34. The minimum atomic E-state index is -0.318. The van der Waals surface area contributed by atoms with Gasteiger partial charge >= 0.3 is 0 Å². The maximum Gasteiger partial charge on any atom is 0.239 e. The van der Waals surface area contributed by atoms with E-state index in [2.05, 4.69) is 15.6 Å². The summed E-state index contributed by atoms with van der Waals surface area (Å²) >= 11 is 2.83. The van der Waals surface area contributed by atoms with Gasteiger partial charge in [-0.3, -0.25) is 9.59 Å². The first-order chi connectivity index (χ1) is 17.5. The van der Waals surface area contributed by atoms with E-state index in [4.69, 9.17) is 9.47 Å². The third kappa shape index (κ3) is 6.59. The first-order valence-corrected chi connectivity index (χ1v) is 13.8. The number of amides is 2. The third-order valence-corrected chi connectivity index (χ3v) is 8.06. The maximum absolute atomic E-state index is 12.8. The average molecular weight is 526 g/mol. The van der Waals surface area contributed by atoms with Crippen molar-refractivity contribution in [2.45, 2.75) is 49.2 Å². The quantitative estimate of drug-likeness (QED) is 0.312. The predicted molar refractivity (Wildman–Crippen MR) is 146 cm³/mol. The van der Waals surface area contributed by atoms with Crippen molar-refractivity contribution in [2.75, 3.05) is 24.9 Å². The lowest BCUT2D eigenvalue weighted by atomic mass is 9.88. The summed E-state index contributed by atoms with van der Waals surface area (Å²) in [4.78, 5) is 30.8. The van der Waals surface area contributed by atoms with Gasteiger partial charge in [0.1, 0.15) is 0 Å². The Labute approximate surface area is 220 Å². The summed E-state index contributed by atoms with van der Waals surface area (Å²) < 4.78 is 10.7. The number of carbonyl (C=O) groups is 2. The number of nitrogens with one attached hydrogen (secondary N) is 2. The van der Waals surface area contributed by atoms with Gasteiger partial charge in [-0.1, -0.05) is 19.3 Å². The SMILES string of the molecule is COc1ccc(-c2csc(NC(=O)C(C)Sc3ccc(NC(=O)C4CCCCC4)cc3)n2)cc1OC. The maximum atomic E-state index is 12.8. The number of aromatic nitrogens is 1. The summed E-state index contributed by atoms with van der Waals surface area (Å²) in [5.41, 5.74) is 2.42. The predicted octanol–water partition coefficient (Wildman–Crippen LogP) is 6.47. The van der Waals surface area contributed by atoms with Crippen LogP contribution in [0.15, 0.2) is 52.7 Å². The largest absolute Gasteiger partial charge is 0.493 e. The van der Waals surface area contributed by atoms with Crippen molar-refractivity contribution in [3.05, 3.63) is 47.8 Å². The molecule has 2 amide bonds. The molecular weight excluding hydrogens is 494 g/mol. The Morgan fingerprint density at radius 2 is 1.72 bits per heavy atom. The Morgan fingerprint density at radius 1 is 1.00 bits per heavy atom. The van der Waals surface area contributed by atoms with Crippen LogP contribution >= 0.6 is 23.1 Å². The number of hydrogen-bond donors (Lipinski definition) is 2. The van der Waals surface area contributed by atoms with E-state index in [0.29, 0.717) is 16.6 Å². The molecule has 2 N–H and O–H groups in total. The summed E-state index contributed by atoms with van der Waals surface area (Å²) in [5.74, 6) is 1.38. The molecule has 1 heterocycles. The molecule has 1 fully saturated rings. The van der Waals surface area contributed by atoms with Crippen molar-refractivity contribution < 1.29 is 19.1 Å². The van der Waals surface area contributed by atoms with Crippen molar-refractivity contribution in [1.29, 1.82) is 0 Å². The van der Waals surface area contributed by atoms with E-state index >= 15 is 0 Å². The van der Waals surface area contributed by atoms with E-state index < -0.39 is 0 Å². The molecule has 0 spiro atoms. The molecule has 0 saturated heterocycles. The molecule has 3 aromatic rings. The highest BCUT2D eigenvalue weighted by Gasteiger charge is 2.21. The average Bonchev–Trinajstić information content (AvgIpc) is 3.38. The number of ether oxygens (including phenoxy) is 2. The van der Waals surface area contributed by atoms with Crippen LogP contribution < -0.4 is 20.1 Å². The van der Waals surface area contributed by atoms with Crippen molar-refractivity contribution in [1.82, 2.24) is 4.98 Å². The Morgan fingerprint density at radius 3 is 2.42 bits per heavy atom. The summed E-state index contributed by atoms with van der Waals surface area (Å²) in [6.45, 7) is 1.86. The molecule has 4 rings (SSSR count). The number of hydrogen-bond acceptors (Lipinski definition) is 7. The highest BCUT2D eigenvalue weighted by molar-refractivity contribution is 8.00. The molecule has 9 heteroatoms. The van der Waals surface area contributed by atoms with Gasteiger partial charge in [-0.25, -0.2) is 4.98 Å². The van der Waals surface area contributed by atoms with E-state index in [1.165, 1.54) is 29.5 Å². The fourth-order valence-electron chi connectivity index (χ4n) is 4.15. The molecule has 0 aliphatic heterocycles. The smallest absolute Gasteiger partial charge is 0.239 e. The van der Waals surface area contributed by atoms with E-state index in [9.17, 15) is 9.59 Å². The van der Waals surface area contributed by atoms with Crippen LogP contribution in [0.25, 0.3) is 11.3 Å².